The average molecular weight is 260 g/mol. The highest BCUT2D eigenvalue weighted by molar-refractivity contribution is 5.47. The van der Waals surface area contributed by atoms with Crippen molar-refractivity contribution in [3.8, 4) is 0 Å². The van der Waals surface area contributed by atoms with Gasteiger partial charge in [-0.1, -0.05) is 6.07 Å². The Morgan fingerprint density at radius 2 is 2.16 bits per heavy atom. The van der Waals surface area contributed by atoms with Gasteiger partial charge in [-0.05, 0) is 42.8 Å². The Kier molecular flexibility index (Phi) is 4.30. The Morgan fingerprint density at radius 3 is 2.84 bits per heavy atom. The lowest BCUT2D eigenvalue weighted by Crippen LogP contribution is -2.22. The topological polar surface area (TPSA) is 54.2 Å². The number of nitrogens with one attached hydrogen (secondary N) is 1. The van der Waals surface area contributed by atoms with E-state index in [0.29, 0.717) is 12.4 Å². The highest BCUT2D eigenvalue weighted by atomic mass is 19.1. The first kappa shape index (κ1) is 13.3. The molecule has 0 aliphatic rings. The first-order chi connectivity index (χ1) is 9.22. The van der Waals surface area contributed by atoms with Gasteiger partial charge in [-0.2, -0.15) is 0 Å². The first-order valence-corrected chi connectivity index (χ1v) is 6.15. The number of rotatable bonds is 5. The van der Waals surface area contributed by atoms with Crippen LogP contribution < -0.4 is 16.2 Å². The molecule has 3 N–H and O–H groups in total. The van der Waals surface area contributed by atoms with Crippen molar-refractivity contribution < 1.29 is 4.39 Å². The third kappa shape index (κ3) is 3.42. The second-order valence-corrected chi connectivity index (χ2v) is 4.19. The lowest BCUT2D eigenvalue weighted by molar-refractivity contribution is 0.626. The summed E-state index contributed by atoms with van der Waals surface area (Å²) in [4.78, 5) is 6.15. The predicted molar refractivity (Wildman–Crippen MR) is 75.2 cm³/mol. The molecule has 0 saturated heterocycles. The maximum atomic E-state index is 13.3. The van der Waals surface area contributed by atoms with Crippen LogP contribution in [-0.4, -0.2) is 11.5 Å². The van der Waals surface area contributed by atoms with Gasteiger partial charge in [0.1, 0.15) is 11.6 Å². The minimum absolute atomic E-state index is 0.227. The van der Waals surface area contributed by atoms with Crippen molar-refractivity contribution in [3.63, 3.8) is 0 Å². The highest BCUT2D eigenvalue weighted by Gasteiger charge is 2.07. The van der Waals surface area contributed by atoms with Crippen LogP contribution in [0.3, 0.4) is 0 Å². The van der Waals surface area contributed by atoms with Gasteiger partial charge in [-0.25, -0.2) is 15.2 Å². The maximum Gasteiger partial charge on any atom is 0.140 e. The zero-order valence-corrected chi connectivity index (χ0v) is 10.8. The van der Waals surface area contributed by atoms with Gasteiger partial charge < -0.3 is 10.3 Å². The number of aromatic nitrogens is 1. The molecule has 100 valence electrons. The molecule has 4 nitrogen and oxygen atoms in total. The monoisotopic (exact) mass is 260 g/mol. The lowest BCUT2D eigenvalue weighted by Gasteiger charge is -2.23. The van der Waals surface area contributed by atoms with Crippen LogP contribution >= 0.6 is 0 Å². The van der Waals surface area contributed by atoms with E-state index in [1.54, 1.807) is 12.3 Å². The van der Waals surface area contributed by atoms with Gasteiger partial charge in [0.2, 0.25) is 0 Å². The molecule has 0 spiro atoms. The third-order valence-corrected chi connectivity index (χ3v) is 2.90. The molecule has 0 fully saturated rings. The summed E-state index contributed by atoms with van der Waals surface area (Å²) in [5, 5.41) is 0. The van der Waals surface area contributed by atoms with Gasteiger partial charge in [-0.15, -0.1) is 0 Å². The van der Waals surface area contributed by atoms with E-state index < -0.39 is 0 Å². The summed E-state index contributed by atoms with van der Waals surface area (Å²) < 4.78 is 13.3. The van der Waals surface area contributed by atoms with E-state index in [-0.39, 0.29) is 5.82 Å². The van der Waals surface area contributed by atoms with E-state index in [2.05, 4.69) is 15.3 Å². The fourth-order valence-electron chi connectivity index (χ4n) is 1.93. The molecule has 5 heteroatoms. The van der Waals surface area contributed by atoms with E-state index >= 15 is 0 Å². The number of nitrogens with zero attached hydrogens (tertiary/aromatic N) is 2. The van der Waals surface area contributed by atoms with E-state index in [4.69, 9.17) is 5.84 Å². The van der Waals surface area contributed by atoms with Crippen molar-refractivity contribution in [1.82, 2.24) is 4.98 Å². The molecule has 1 aromatic carbocycles. The molecular formula is C14H17FN4. The molecule has 0 aliphatic heterocycles. The molecular weight excluding hydrogens is 243 g/mol. The van der Waals surface area contributed by atoms with Crippen molar-refractivity contribution in [3.05, 3.63) is 54.0 Å². The molecule has 0 saturated carbocycles. The van der Waals surface area contributed by atoms with Crippen molar-refractivity contribution in [2.45, 2.75) is 13.5 Å². The number of hydrogen-bond donors (Lipinski definition) is 2. The fraction of sp³-hybridized carbons (Fsp3) is 0.214. The number of nitrogen functional groups attached to an aromatic ring is 1. The zero-order valence-electron chi connectivity index (χ0n) is 10.8. The van der Waals surface area contributed by atoms with Crippen LogP contribution in [0.5, 0.6) is 0 Å². The molecule has 0 radical (unpaired) electrons. The van der Waals surface area contributed by atoms with Gasteiger partial charge >= 0.3 is 0 Å². The Balaban J connectivity index is 2.18. The molecule has 0 amide bonds. The van der Waals surface area contributed by atoms with Crippen LogP contribution in [0, 0.1) is 5.82 Å². The number of hydrogen-bond acceptors (Lipinski definition) is 4. The molecule has 0 bridgehead atoms. The molecule has 0 aliphatic carbocycles. The summed E-state index contributed by atoms with van der Waals surface area (Å²) in [5.74, 6) is 5.73. The largest absolute Gasteiger partial charge is 0.367 e. The Bertz CT molecular complexity index is 544. The quantitative estimate of drug-likeness (QED) is 0.640. The number of nitrogens with two attached hydrogens (primary N) is 1. The predicted octanol–water partition coefficient (Wildman–Crippen LogP) is 2.53. The van der Waals surface area contributed by atoms with Crippen molar-refractivity contribution >= 4 is 11.5 Å². The van der Waals surface area contributed by atoms with E-state index in [0.717, 1.165) is 17.8 Å². The van der Waals surface area contributed by atoms with Crippen molar-refractivity contribution in [1.29, 1.82) is 0 Å². The van der Waals surface area contributed by atoms with Crippen LogP contribution in [0.15, 0.2) is 42.6 Å². The summed E-state index contributed by atoms with van der Waals surface area (Å²) in [6.07, 6.45) is 1.70. The molecule has 0 unspecified atom stereocenters. The number of benzene rings is 1. The standard InChI is InChI=1S/C14H17FN4/c1-2-19(13-5-3-4-12(15)9-13)10-11-6-7-17-14(8-11)18-16/h3-9H,2,10,16H2,1H3,(H,17,18). The number of hydrazine groups is 1. The molecule has 1 heterocycles. The maximum absolute atomic E-state index is 13.3. The van der Waals surface area contributed by atoms with Crippen LogP contribution in [0.25, 0.3) is 0 Å². The SMILES string of the molecule is CCN(Cc1ccnc(NN)c1)c1cccc(F)c1. The van der Waals surface area contributed by atoms with Crippen molar-refractivity contribution in [2.24, 2.45) is 5.84 Å². The number of anilines is 2. The number of halogens is 1. The Hall–Kier alpha value is -2.14. The smallest absolute Gasteiger partial charge is 0.140 e. The summed E-state index contributed by atoms with van der Waals surface area (Å²) >= 11 is 0. The molecule has 1 aromatic heterocycles. The lowest BCUT2D eigenvalue weighted by atomic mass is 10.2. The molecule has 2 aromatic rings. The third-order valence-electron chi connectivity index (χ3n) is 2.90. The summed E-state index contributed by atoms with van der Waals surface area (Å²) in [6.45, 7) is 3.50. The Morgan fingerprint density at radius 1 is 1.32 bits per heavy atom. The molecule has 0 atom stereocenters. The van der Waals surface area contributed by atoms with Crippen LogP contribution in [0.1, 0.15) is 12.5 Å². The summed E-state index contributed by atoms with van der Waals surface area (Å²) in [5.41, 5.74) is 4.44. The minimum Gasteiger partial charge on any atom is -0.367 e. The second kappa shape index (κ2) is 6.15. The van der Waals surface area contributed by atoms with Crippen molar-refractivity contribution in [2.75, 3.05) is 16.9 Å². The fourth-order valence-corrected chi connectivity index (χ4v) is 1.93. The van der Waals surface area contributed by atoms with Crippen LogP contribution in [0.2, 0.25) is 0 Å². The van der Waals surface area contributed by atoms with Crippen LogP contribution in [-0.2, 0) is 6.54 Å². The van der Waals surface area contributed by atoms with E-state index in [1.807, 2.05) is 25.1 Å². The summed E-state index contributed by atoms with van der Waals surface area (Å²) in [6, 6.07) is 10.4. The van der Waals surface area contributed by atoms with E-state index in [1.165, 1.54) is 12.1 Å². The molecule has 2 rings (SSSR count). The second-order valence-electron chi connectivity index (χ2n) is 4.19. The first-order valence-electron chi connectivity index (χ1n) is 6.15. The zero-order chi connectivity index (χ0) is 13.7. The van der Waals surface area contributed by atoms with E-state index in [9.17, 15) is 4.39 Å². The average Bonchev–Trinajstić information content (AvgIpc) is 2.45. The Labute approximate surface area is 112 Å². The van der Waals surface area contributed by atoms with Gasteiger partial charge in [0.15, 0.2) is 0 Å². The van der Waals surface area contributed by atoms with Gasteiger partial charge in [-0.3, -0.25) is 0 Å². The van der Waals surface area contributed by atoms with Gasteiger partial charge in [0.05, 0.1) is 0 Å². The highest BCUT2D eigenvalue weighted by Crippen LogP contribution is 2.18. The normalized spacial score (nSPS) is 10.3. The van der Waals surface area contributed by atoms with Gasteiger partial charge in [0, 0.05) is 25.0 Å². The summed E-state index contributed by atoms with van der Waals surface area (Å²) in [7, 11) is 0. The van der Waals surface area contributed by atoms with Crippen LogP contribution in [0.4, 0.5) is 15.9 Å². The number of pyridine rings is 1. The van der Waals surface area contributed by atoms with Gasteiger partial charge in [0.25, 0.3) is 0 Å². The molecule has 19 heavy (non-hydrogen) atoms. The minimum atomic E-state index is -0.227.